The van der Waals surface area contributed by atoms with Gasteiger partial charge in [0, 0.05) is 14.0 Å². The molecule has 12 atom stereocenters. The van der Waals surface area contributed by atoms with Gasteiger partial charge in [0.1, 0.15) is 36.6 Å². The molecule has 0 bridgehead atoms. The van der Waals surface area contributed by atoms with Crippen LogP contribution in [0, 0.1) is 0 Å². The Morgan fingerprint density at radius 2 is 1.57 bits per heavy atom. The van der Waals surface area contributed by atoms with Crippen LogP contribution in [0.5, 0.6) is 0 Å². The summed E-state index contributed by atoms with van der Waals surface area (Å²) in [5.41, 5.74) is 5.08. The third-order valence-corrected chi connectivity index (χ3v) is 6.73. The van der Waals surface area contributed by atoms with E-state index in [1.807, 2.05) is 0 Å². The number of aliphatic hydroxyl groups excluding tert-OH is 5. The largest absolute Gasteiger partial charge is 0.479 e. The van der Waals surface area contributed by atoms with Gasteiger partial charge in [-0.15, -0.1) is 0 Å². The van der Waals surface area contributed by atoms with E-state index < -0.39 is 113 Å². The number of hydrogen-bond donors (Lipinski definition) is 9. The molecule has 0 aliphatic carbocycles. The van der Waals surface area contributed by atoms with Gasteiger partial charge in [-0.05, 0) is 0 Å². The highest BCUT2D eigenvalue weighted by Crippen LogP contribution is 2.47. The van der Waals surface area contributed by atoms with Gasteiger partial charge < -0.3 is 70.3 Å². The van der Waals surface area contributed by atoms with Crippen molar-refractivity contribution in [2.24, 2.45) is 5.73 Å². The van der Waals surface area contributed by atoms with E-state index in [1.54, 1.807) is 0 Å². The van der Waals surface area contributed by atoms with Crippen LogP contribution in [-0.4, -0.2) is 148 Å². The van der Waals surface area contributed by atoms with Gasteiger partial charge in [0.25, 0.3) is 0 Å². The molecule has 21 heteroatoms. The first-order chi connectivity index (χ1) is 18.6. The van der Waals surface area contributed by atoms with Crippen LogP contribution in [0.4, 0.5) is 4.79 Å². The molecule has 20 nitrogen and oxygen atoms in total. The number of amides is 2. The Labute approximate surface area is 226 Å². The summed E-state index contributed by atoms with van der Waals surface area (Å²) in [6.07, 6.45) is -19.7. The number of phosphoric ester groups is 1. The number of rotatable bonds is 13. The quantitative estimate of drug-likeness (QED) is 0.0884. The second kappa shape index (κ2) is 14.7. The molecule has 2 aliphatic heterocycles. The van der Waals surface area contributed by atoms with E-state index in [4.69, 9.17) is 34.3 Å². The van der Waals surface area contributed by atoms with Crippen LogP contribution >= 0.6 is 7.82 Å². The molecule has 0 aromatic rings. The zero-order valence-electron chi connectivity index (χ0n) is 21.1. The standard InChI is InChI=1S/C19H33N2O18P/c1-6(24)21-10-13(27)11(25)7(3-22)35-17(10)37-15-14(38-19(20)30)12(26)8(4-23)36-18(15)39-40(31,32)34-5-9(33-2)16(28)29/h7-15,17-18,22-23,25-27H,3-5H2,1-2H3,(H2,20,30)(H,21,24)(H,28,29)(H,31,32). The predicted molar refractivity (Wildman–Crippen MR) is 122 cm³/mol. The number of primary amides is 1. The zero-order chi connectivity index (χ0) is 30.4. The molecule has 2 heterocycles. The van der Waals surface area contributed by atoms with E-state index in [1.165, 1.54) is 0 Å². The lowest BCUT2D eigenvalue weighted by atomic mass is 9.95. The average molecular weight is 608 g/mol. The van der Waals surface area contributed by atoms with Crippen LogP contribution in [0.2, 0.25) is 0 Å². The normalized spacial score (nSPS) is 36.7. The van der Waals surface area contributed by atoms with Crippen molar-refractivity contribution in [1.29, 1.82) is 0 Å². The third-order valence-electron chi connectivity index (χ3n) is 5.78. The SMILES string of the molecule is COC(COP(=O)(O)OC1OC(CO)C(O)C(OC(N)=O)C1OC1OC(CO)C(O)C(O)C1NC(C)=O)C(=O)O. The molecule has 12 unspecified atom stereocenters. The van der Waals surface area contributed by atoms with Crippen molar-refractivity contribution in [3.05, 3.63) is 0 Å². The van der Waals surface area contributed by atoms with Crippen LogP contribution in [-0.2, 0) is 46.9 Å². The van der Waals surface area contributed by atoms with E-state index in [0.29, 0.717) is 0 Å². The summed E-state index contributed by atoms with van der Waals surface area (Å²) in [6, 6.07) is -1.58. The summed E-state index contributed by atoms with van der Waals surface area (Å²) >= 11 is 0. The molecule has 2 amide bonds. The topological polar surface area (TPSA) is 313 Å². The summed E-state index contributed by atoms with van der Waals surface area (Å²) in [7, 11) is -4.29. The molecule has 0 aromatic heterocycles. The van der Waals surface area contributed by atoms with Crippen molar-refractivity contribution in [2.75, 3.05) is 26.9 Å². The Balaban J connectivity index is 2.44. The Morgan fingerprint density at radius 1 is 1.00 bits per heavy atom. The maximum absolute atomic E-state index is 12.6. The van der Waals surface area contributed by atoms with Crippen molar-refractivity contribution < 1.29 is 87.2 Å². The van der Waals surface area contributed by atoms with Crippen LogP contribution in [0.3, 0.4) is 0 Å². The van der Waals surface area contributed by atoms with Gasteiger partial charge in [0.05, 0.1) is 19.8 Å². The van der Waals surface area contributed by atoms with Crippen molar-refractivity contribution in [2.45, 2.75) is 74.4 Å². The number of carboxylic acid groups (broad SMARTS) is 1. The number of phosphoric acid groups is 1. The Kier molecular flexibility index (Phi) is 12.6. The summed E-state index contributed by atoms with van der Waals surface area (Å²) in [4.78, 5) is 44.7. The minimum absolute atomic E-state index is 0.742. The smallest absolute Gasteiger partial charge is 0.474 e. The molecule has 0 aromatic carbocycles. The monoisotopic (exact) mass is 608 g/mol. The maximum Gasteiger partial charge on any atom is 0.474 e. The molecule has 2 aliphatic rings. The van der Waals surface area contributed by atoms with E-state index in [9.17, 15) is 49.4 Å². The molecule has 0 radical (unpaired) electrons. The molecule has 232 valence electrons. The van der Waals surface area contributed by atoms with Crippen LogP contribution in [0.15, 0.2) is 0 Å². The second-order valence-corrected chi connectivity index (χ2v) is 9.99. The minimum Gasteiger partial charge on any atom is -0.479 e. The number of nitrogens with one attached hydrogen (secondary N) is 1. The summed E-state index contributed by atoms with van der Waals surface area (Å²) in [5.74, 6) is -2.29. The minimum atomic E-state index is -5.28. The third kappa shape index (κ3) is 8.73. The van der Waals surface area contributed by atoms with E-state index in [-0.39, 0.29) is 0 Å². The van der Waals surface area contributed by atoms with Crippen LogP contribution in [0.1, 0.15) is 6.92 Å². The number of carboxylic acids is 1. The van der Waals surface area contributed by atoms with Gasteiger partial charge in [0.2, 0.25) is 5.91 Å². The first-order valence-electron chi connectivity index (χ1n) is 11.5. The molecular weight excluding hydrogens is 575 g/mol. The number of carbonyl (C=O) groups excluding carboxylic acids is 2. The molecule has 40 heavy (non-hydrogen) atoms. The second-order valence-electron chi connectivity index (χ2n) is 8.58. The summed E-state index contributed by atoms with van der Waals surface area (Å²) in [6.45, 7) is -1.77. The molecule has 0 spiro atoms. The average Bonchev–Trinajstić information content (AvgIpc) is 2.86. The van der Waals surface area contributed by atoms with E-state index in [2.05, 4.69) is 14.6 Å². The number of nitrogens with two attached hydrogens (primary N) is 1. The molecule has 0 saturated carbocycles. The van der Waals surface area contributed by atoms with Crippen molar-refractivity contribution in [3.8, 4) is 0 Å². The first kappa shape index (κ1) is 34.2. The highest BCUT2D eigenvalue weighted by atomic mass is 31.2. The fourth-order valence-electron chi connectivity index (χ4n) is 3.84. The lowest BCUT2D eigenvalue weighted by Crippen LogP contribution is -2.68. The maximum atomic E-state index is 12.6. The fraction of sp³-hybridized carbons (Fsp3) is 0.842. The summed E-state index contributed by atoms with van der Waals surface area (Å²) in [5, 5.41) is 61.8. The number of aliphatic carboxylic acids is 1. The molecule has 10 N–H and O–H groups in total. The highest BCUT2D eigenvalue weighted by molar-refractivity contribution is 7.47. The highest BCUT2D eigenvalue weighted by Gasteiger charge is 2.54. The van der Waals surface area contributed by atoms with Gasteiger partial charge >= 0.3 is 19.9 Å². The lowest BCUT2D eigenvalue weighted by Gasteiger charge is -2.47. The molecule has 2 saturated heterocycles. The van der Waals surface area contributed by atoms with Gasteiger partial charge in [-0.2, -0.15) is 0 Å². The number of aliphatic hydroxyl groups is 5. The number of hydrogen-bond acceptors (Lipinski definition) is 16. The predicted octanol–water partition coefficient (Wildman–Crippen LogP) is -4.91. The molecule has 2 fully saturated rings. The van der Waals surface area contributed by atoms with Gasteiger partial charge in [0.15, 0.2) is 30.9 Å². The van der Waals surface area contributed by atoms with E-state index >= 15 is 0 Å². The zero-order valence-corrected chi connectivity index (χ0v) is 22.0. The molecular formula is C19H33N2O18P. The Morgan fingerprint density at radius 3 is 2.08 bits per heavy atom. The van der Waals surface area contributed by atoms with Crippen LogP contribution < -0.4 is 11.1 Å². The van der Waals surface area contributed by atoms with Gasteiger partial charge in [-0.3, -0.25) is 13.8 Å². The molecule has 2 rings (SSSR count). The van der Waals surface area contributed by atoms with Crippen molar-refractivity contribution >= 4 is 25.8 Å². The lowest BCUT2D eigenvalue weighted by molar-refractivity contribution is -0.344. The van der Waals surface area contributed by atoms with Crippen molar-refractivity contribution in [3.63, 3.8) is 0 Å². The van der Waals surface area contributed by atoms with E-state index in [0.717, 1.165) is 14.0 Å². The fourth-order valence-corrected chi connectivity index (χ4v) is 4.66. The van der Waals surface area contributed by atoms with Gasteiger partial charge in [-0.1, -0.05) is 0 Å². The number of methoxy groups -OCH3 is 1. The first-order valence-corrected chi connectivity index (χ1v) is 13.0. The Bertz CT molecular complexity index is 926. The number of ether oxygens (including phenoxy) is 5. The van der Waals surface area contributed by atoms with Crippen LogP contribution in [0.25, 0.3) is 0 Å². The Hall–Kier alpha value is -2.04. The van der Waals surface area contributed by atoms with Crippen molar-refractivity contribution in [1.82, 2.24) is 5.32 Å². The summed E-state index contributed by atoms with van der Waals surface area (Å²) < 4.78 is 48.1. The number of carbonyl (C=O) groups is 3. The van der Waals surface area contributed by atoms with Gasteiger partial charge in [-0.25, -0.2) is 14.2 Å².